The Labute approximate surface area is 177 Å². The highest BCUT2D eigenvalue weighted by atomic mass is 16.6. The SMILES string of the molecule is O=C1CC(C(=O)N2CC3CC(C2)c2ccc([N+](=O)[O-])c(=O)n2C3)CN1Cc1ccco1. The third-order valence-electron chi connectivity index (χ3n) is 6.58. The van der Waals surface area contributed by atoms with Gasteiger partial charge < -0.3 is 18.8 Å². The molecule has 5 rings (SSSR count). The lowest BCUT2D eigenvalue weighted by Crippen LogP contribution is -2.51. The molecule has 2 saturated heterocycles. The third-order valence-corrected chi connectivity index (χ3v) is 6.58. The van der Waals surface area contributed by atoms with Gasteiger partial charge in [-0.05, 0) is 30.5 Å². The third kappa shape index (κ3) is 3.41. The van der Waals surface area contributed by atoms with E-state index in [0.29, 0.717) is 38.5 Å². The maximum absolute atomic E-state index is 13.2. The molecule has 10 heteroatoms. The Kier molecular flexibility index (Phi) is 4.64. The lowest BCUT2D eigenvalue weighted by molar-refractivity contribution is -0.386. The van der Waals surface area contributed by atoms with Gasteiger partial charge in [-0.1, -0.05) is 0 Å². The average molecular weight is 426 g/mol. The van der Waals surface area contributed by atoms with Crippen LogP contribution in [0.2, 0.25) is 0 Å². The number of rotatable bonds is 4. The van der Waals surface area contributed by atoms with E-state index in [9.17, 15) is 24.5 Å². The molecule has 3 atom stereocenters. The maximum Gasteiger partial charge on any atom is 0.334 e. The van der Waals surface area contributed by atoms with Crippen LogP contribution in [0.1, 0.15) is 30.2 Å². The molecule has 0 aliphatic carbocycles. The predicted molar refractivity (Wildman–Crippen MR) is 107 cm³/mol. The van der Waals surface area contributed by atoms with Crippen molar-refractivity contribution < 1.29 is 18.9 Å². The van der Waals surface area contributed by atoms with Crippen LogP contribution in [-0.2, 0) is 22.7 Å². The van der Waals surface area contributed by atoms with E-state index in [1.165, 1.54) is 10.6 Å². The summed E-state index contributed by atoms with van der Waals surface area (Å²) in [7, 11) is 0. The summed E-state index contributed by atoms with van der Waals surface area (Å²) >= 11 is 0. The standard InChI is InChI=1S/C21H22N4O6/c26-19-7-15(11-22(19)12-16-2-1-5-31-16)20(27)23-8-13-6-14(10-23)17-3-4-18(25(29)30)21(28)24(17)9-13/h1-5,13-15H,6-12H2. The summed E-state index contributed by atoms with van der Waals surface area (Å²) < 4.78 is 6.82. The summed E-state index contributed by atoms with van der Waals surface area (Å²) in [6.07, 6.45) is 2.59. The first-order valence-corrected chi connectivity index (χ1v) is 10.4. The van der Waals surface area contributed by atoms with Gasteiger partial charge in [-0.2, -0.15) is 0 Å². The van der Waals surface area contributed by atoms with Gasteiger partial charge in [0.2, 0.25) is 11.8 Å². The number of nitro groups is 1. The van der Waals surface area contributed by atoms with Crippen LogP contribution >= 0.6 is 0 Å². The molecule has 2 fully saturated rings. The summed E-state index contributed by atoms with van der Waals surface area (Å²) in [4.78, 5) is 52.0. The first-order valence-electron chi connectivity index (χ1n) is 10.4. The van der Waals surface area contributed by atoms with Crippen molar-refractivity contribution in [2.75, 3.05) is 19.6 Å². The number of carbonyl (C=O) groups is 2. The van der Waals surface area contributed by atoms with Crippen LogP contribution < -0.4 is 5.56 Å². The van der Waals surface area contributed by atoms with E-state index in [1.54, 1.807) is 29.4 Å². The van der Waals surface area contributed by atoms with E-state index in [4.69, 9.17) is 4.42 Å². The summed E-state index contributed by atoms with van der Waals surface area (Å²) in [5.74, 6) is 0.219. The minimum absolute atomic E-state index is 0.0392. The second-order valence-electron chi connectivity index (χ2n) is 8.61. The minimum atomic E-state index is -0.651. The Morgan fingerprint density at radius 2 is 2.00 bits per heavy atom. The van der Waals surface area contributed by atoms with E-state index in [-0.39, 0.29) is 36.0 Å². The molecule has 2 amide bonds. The van der Waals surface area contributed by atoms with Crippen molar-refractivity contribution in [3.63, 3.8) is 0 Å². The van der Waals surface area contributed by atoms with Crippen LogP contribution in [0.4, 0.5) is 5.69 Å². The summed E-state index contributed by atoms with van der Waals surface area (Å²) in [6.45, 7) is 2.04. The van der Waals surface area contributed by atoms with Gasteiger partial charge in [-0.3, -0.25) is 24.5 Å². The number of aromatic nitrogens is 1. The van der Waals surface area contributed by atoms with Crippen molar-refractivity contribution in [1.29, 1.82) is 0 Å². The fraction of sp³-hybridized carbons (Fsp3) is 0.476. The first kappa shape index (κ1) is 19.5. The van der Waals surface area contributed by atoms with Crippen LogP contribution in [0.3, 0.4) is 0 Å². The van der Waals surface area contributed by atoms with Crippen molar-refractivity contribution in [3.05, 3.63) is 62.5 Å². The number of fused-ring (bicyclic) bond motifs is 4. The summed E-state index contributed by atoms with van der Waals surface area (Å²) in [5.41, 5.74) is -0.254. The molecule has 2 aromatic rings. The fourth-order valence-corrected chi connectivity index (χ4v) is 5.19. The molecule has 2 aromatic heterocycles. The van der Waals surface area contributed by atoms with Crippen LogP contribution in [0.15, 0.2) is 39.7 Å². The molecule has 5 heterocycles. The molecule has 0 radical (unpaired) electrons. The largest absolute Gasteiger partial charge is 0.467 e. The molecule has 3 aliphatic rings. The molecule has 2 bridgehead atoms. The zero-order valence-corrected chi connectivity index (χ0v) is 16.8. The smallest absolute Gasteiger partial charge is 0.334 e. The average Bonchev–Trinajstić information content (AvgIpc) is 3.38. The highest BCUT2D eigenvalue weighted by molar-refractivity contribution is 5.89. The zero-order valence-electron chi connectivity index (χ0n) is 16.8. The number of likely N-dealkylation sites (tertiary alicyclic amines) is 2. The molecule has 0 aromatic carbocycles. The molecule has 0 saturated carbocycles. The Morgan fingerprint density at radius 1 is 1.16 bits per heavy atom. The van der Waals surface area contributed by atoms with Gasteiger partial charge in [0.15, 0.2) is 0 Å². The Balaban J connectivity index is 1.31. The molecule has 0 N–H and O–H groups in total. The van der Waals surface area contributed by atoms with Crippen LogP contribution in [0.25, 0.3) is 0 Å². The Morgan fingerprint density at radius 3 is 2.74 bits per heavy atom. The monoisotopic (exact) mass is 426 g/mol. The predicted octanol–water partition coefficient (Wildman–Crippen LogP) is 1.34. The van der Waals surface area contributed by atoms with Gasteiger partial charge in [0, 0.05) is 50.3 Å². The van der Waals surface area contributed by atoms with Gasteiger partial charge in [0.25, 0.3) is 0 Å². The highest BCUT2D eigenvalue weighted by Gasteiger charge is 2.42. The van der Waals surface area contributed by atoms with Gasteiger partial charge >= 0.3 is 11.2 Å². The number of piperidine rings is 1. The van der Waals surface area contributed by atoms with Gasteiger partial charge in [-0.25, -0.2) is 0 Å². The topological polar surface area (TPSA) is 119 Å². The van der Waals surface area contributed by atoms with E-state index in [2.05, 4.69) is 0 Å². The van der Waals surface area contributed by atoms with E-state index in [1.807, 2.05) is 4.90 Å². The zero-order chi connectivity index (χ0) is 21.7. The fourth-order valence-electron chi connectivity index (χ4n) is 5.19. The van der Waals surface area contributed by atoms with Crippen molar-refractivity contribution in [3.8, 4) is 0 Å². The number of furan rings is 1. The van der Waals surface area contributed by atoms with Crippen LogP contribution in [-0.4, -0.2) is 50.7 Å². The number of hydrogen-bond acceptors (Lipinski definition) is 6. The number of amides is 2. The van der Waals surface area contributed by atoms with Gasteiger partial charge in [0.05, 0.1) is 23.6 Å². The normalized spacial score (nSPS) is 24.9. The molecular formula is C21H22N4O6. The number of pyridine rings is 1. The number of hydrogen-bond donors (Lipinski definition) is 0. The molecule has 3 aliphatic heterocycles. The second kappa shape index (κ2) is 7.36. The summed E-state index contributed by atoms with van der Waals surface area (Å²) in [5, 5.41) is 11.1. The van der Waals surface area contributed by atoms with Crippen LogP contribution in [0.5, 0.6) is 0 Å². The van der Waals surface area contributed by atoms with E-state index in [0.717, 1.165) is 12.1 Å². The first-order chi connectivity index (χ1) is 14.9. The minimum Gasteiger partial charge on any atom is -0.467 e. The van der Waals surface area contributed by atoms with Crippen molar-refractivity contribution in [1.82, 2.24) is 14.4 Å². The molecule has 3 unspecified atom stereocenters. The molecule has 31 heavy (non-hydrogen) atoms. The van der Waals surface area contributed by atoms with Crippen molar-refractivity contribution >= 4 is 17.5 Å². The number of nitrogens with zero attached hydrogens (tertiary/aromatic N) is 4. The maximum atomic E-state index is 13.2. The lowest BCUT2D eigenvalue weighted by atomic mass is 9.82. The van der Waals surface area contributed by atoms with Gasteiger partial charge in [-0.15, -0.1) is 0 Å². The molecular weight excluding hydrogens is 404 g/mol. The Bertz CT molecular complexity index is 1110. The van der Waals surface area contributed by atoms with E-state index >= 15 is 0 Å². The lowest BCUT2D eigenvalue weighted by Gasteiger charge is -2.43. The van der Waals surface area contributed by atoms with Crippen molar-refractivity contribution in [2.24, 2.45) is 11.8 Å². The van der Waals surface area contributed by atoms with Crippen molar-refractivity contribution in [2.45, 2.75) is 31.8 Å². The highest BCUT2D eigenvalue weighted by Crippen LogP contribution is 2.36. The van der Waals surface area contributed by atoms with Gasteiger partial charge in [0.1, 0.15) is 5.76 Å². The van der Waals surface area contributed by atoms with Crippen LogP contribution in [0, 0.1) is 22.0 Å². The summed E-state index contributed by atoms with van der Waals surface area (Å²) in [6, 6.07) is 6.47. The number of carbonyl (C=O) groups excluding carboxylic acids is 2. The van der Waals surface area contributed by atoms with E-state index < -0.39 is 16.2 Å². The quantitative estimate of drug-likeness (QED) is 0.538. The molecule has 10 nitrogen and oxygen atoms in total. The Hall–Kier alpha value is -3.43. The molecule has 0 spiro atoms. The molecule has 162 valence electrons. The second-order valence-corrected chi connectivity index (χ2v) is 8.61.